The number of rotatable bonds is 7. The number of carbonyl (C=O) groups is 1. The monoisotopic (exact) mass is 317 g/mol. The lowest BCUT2D eigenvalue weighted by atomic mass is 10.1. The molecule has 0 aliphatic rings. The normalized spacial score (nSPS) is 11.3. The van der Waals surface area contributed by atoms with Crippen molar-refractivity contribution < 1.29 is 14.6 Å². The third kappa shape index (κ3) is 4.32. The Hall–Kier alpha value is -2.34. The topological polar surface area (TPSA) is 76.4 Å². The van der Waals surface area contributed by atoms with Crippen molar-refractivity contribution in [1.29, 1.82) is 0 Å². The Morgan fingerprint density at radius 2 is 2.04 bits per heavy atom. The predicted molar refractivity (Wildman–Crippen MR) is 88.0 cm³/mol. The van der Waals surface area contributed by atoms with Gasteiger partial charge in [0, 0.05) is 0 Å². The van der Waals surface area contributed by atoms with Crippen LogP contribution in [0.1, 0.15) is 37.7 Å². The second kappa shape index (κ2) is 7.28. The van der Waals surface area contributed by atoms with Crippen LogP contribution in [0.25, 0.3) is 5.69 Å². The van der Waals surface area contributed by atoms with Gasteiger partial charge in [-0.3, -0.25) is 4.79 Å². The van der Waals surface area contributed by atoms with Crippen molar-refractivity contribution in [3.8, 4) is 11.4 Å². The molecule has 23 heavy (non-hydrogen) atoms. The highest BCUT2D eigenvalue weighted by molar-refractivity contribution is 5.95. The molecule has 2 N–H and O–H groups in total. The SMILES string of the molecule is CCCOc1cn(-c2ccccc2)nc1C(=O)NC(C)(C)CO. The quantitative estimate of drug-likeness (QED) is 0.820. The lowest BCUT2D eigenvalue weighted by Gasteiger charge is -2.22. The van der Waals surface area contributed by atoms with E-state index in [2.05, 4.69) is 10.4 Å². The standard InChI is InChI=1S/C17H23N3O3/c1-4-10-23-14-11-20(13-8-6-5-7-9-13)19-15(14)16(22)18-17(2,3)12-21/h5-9,11,21H,4,10,12H2,1-3H3,(H,18,22). The van der Waals surface area contributed by atoms with Crippen LogP contribution in [-0.2, 0) is 0 Å². The highest BCUT2D eigenvalue weighted by Crippen LogP contribution is 2.21. The van der Waals surface area contributed by atoms with E-state index in [9.17, 15) is 9.90 Å². The molecule has 2 aromatic rings. The van der Waals surface area contributed by atoms with Crippen molar-refractivity contribution in [3.63, 3.8) is 0 Å². The highest BCUT2D eigenvalue weighted by atomic mass is 16.5. The van der Waals surface area contributed by atoms with Crippen LogP contribution in [0.4, 0.5) is 0 Å². The summed E-state index contributed by atoms with van der Waals surface area (Å²) in [4.78, 5) is 12.5. The maximum Gasteiger partial charge on any atom is 0.276 e. The van der Waals surface area contributed by atoms with E-state index in [1.807, 2.05) is 37.3 Å². The van der Waals surface area contributed by atoms with Gasteiger partial charge in [-0.2, -0.15) is 5.10 Å². The number of aliphatic hydroxyl groups is 1. The number of aliphatic hydroxyl groups excluding tert-OH is 1. The molecule has 0 atom stereocenters. The number of amides is 1. The fourth-order valence-corrected chi connectivity index (χ4v) is 1.95. The van der Waals surface area contributed by atoms with E-state index < -0.39 is 5.54 Å². The molecule has 0 saturated heterocycles. The van der Waals surface area contributed by atoms with Crippen molar-refractivity contribution in [1.82, 2.24) is 15.1 Å². The Labute approximate surface area is 136 Å². The maximum atomic E-state index is 12.5. The van der Waals surface area contributed by atoms with E-state index >= 15 is 0 Å². The van der Waals surface area contributed by atoms with Crippen LogP contribution in [0, 0.1) is 0 Å². The van der Waals surface area contributed by atoms with E-state index in [1.165, 1.54) is 0 Å². The molecule has 1 aromatic heterocycles. The number of ether oxygens (including phenoxy) is 1. The van der Waals surface area contributed by atoms with Crippen LogP contribution < -0.4 is 10.1 Å². The van der Waals surface area contributed by atoms with E-state index in [1.54, 1.807) is 24.7 Å². The van der Waals surface area contributed by atoms with Crippen LogP contribution >= 0.6 is 0 Å². The average Bonchev–Trinajstić information content (AvgIpc) is 2.97. The van der Waals surface area contributed by atoms with Gasteiger partial charge in [0.1, 0.15) is 0 Å². The first kappa shape index (κ1) is 17.0. The Kier molecular flexibility index (Phi) is 5.39. The van der Waals surface area contributed by atoms with Crippen molar-refractivity contribution in [2.24, 2.45) is 0 Å². The zero-order chi connectivity index (χ0) is 16.9. The maximum absolute atomic E-state index is 12.5. The Bertz CT molecular complexity index is 650. The fourth-order valence-electron chi connectivity index (χ4n) is 1.95. The van der Waals surface area contributed by atoms with Crippen molar-refractivity contribution in [3.05, 3.63) is 42.2 Å². The number of benzene rings is 1. The molecular formula is C17H23N3O3. The van der Waals surface area contributed by atoms with Gasteiger partial charge in [-0.1, -0.05) is 25.1 Å². The van der Waals surface area contributed by atoms with Gasteiger partial charge < -0.3 is 15.2 Å². The summed E-state index contributed by atoms with van der Waals surface area (Å²) in [6.07, 6.45) is 2.53. The average molecular weight is 317 g/mol. The first-order valence-electron chi connectivity index (χ1n) is 7.68. The summed E-state index contributed by atoms with van der Waals surface area (Å²) in [6, 6.07) is 9.52. The number of hydrogen-bond donors (Lipinski definition) is 2. The van der Waals surface area contributed by atoms with Gasteiger partial charge in [-0.05, 0) is 32.4 Å². The fraction of sp³-hybridized carbons (Fsp3) is 0.412. The predicted octanol–water partition coefficient (Wildman–Crippen LogP) is 2.16. The van der Waals surface area contributed by atoms with Gasteiger partial charge in [0.05, 0.1) is 30.6 Å². The molecule has 0 saturated carbocycles. The molecule has 0 spiro atoms. The van der Waals surface area contributed by atoms with E-state index in [-0.39, 0.29) is 18.2 Å². The molecule has 0 radical (unpaired) electrons. The molecule has 0 aliphatic heterocycles. The van der Waals surface area contributed by atoms with Gasteiger partial charge in [0.15, 0.2) is 11.4 Å². The molecule has 6 heteroatoms. The minimum Gasteiger partial charge on any atom is -0.489 e. The van der Waals surface area contributed by atoms with Gasteiger partial charge in [0.2, 0.25) is 0 Å². The first-order valence-corrected chi connectivity index (χ1v) is 7.68. The van der Waals surface area contributed by atoms with Crippen LogP contribution in [0.2, 0.25) is 0 Å². The van der Waals surface area contributed by atoms with E-state index in [4.69, 9.17) is 4.74 Å². The van der Waals surface area contributed by atoms with Crippen LogP contribution in [0.3, 0.4) is 0 Å². The molecule has 1 amide bonds. The second-order valence-electron chi connectivity index (χ2n) is 5.97. The van der Waals surface area contributed by atoms with E-state index in [0.29, 0.717) is 12.4 Å². The largest absolute Gasteiger partial charge is 0.489 e. The summed E-state index contributed by atoms with van der Waals surface area (Å²) < 4.78 is 7.27. The summed E-state index contributed by atoms with van der Waals surface area (Å²) in [5.74, 6) is 0.0618. The lowest BCUT2D eigenvalue weighted by Crippen LogP contribution is -2.46. The lowest BCUT2D eigenvalue weighted by molar-refractivity contribution is 0.0860. The number of aromatic nitrogens is 2. The third-order valence-electron chi connectivity index (χ3n) is 3.23. The molecule has 0 bridgehead atoms. The summed E-state index contributed by atoms with van der Waals surface area (Å²) in [6.45, 7) is 5.82. The Morgan fingerprint density at radius 3 is 2.65 bits per heavy atom. The summed E-state index contributed by atoms with van der Waals surface area (Å²) in [7, 11) is 0. The van der Waals surface area contributed by atoms with Crippen LogP contribution in [0.15, 0.2) is 36.5 Å². The van der Waals surface area contributed by atoms with Crippen molar-refractivity contribution in [2.45, 2.75) is 32.7 Å². The molecule has 0 fully saturated rings. The molecule has 0 unspecified atom stereocenters. The molecule has 2 rings (SSSR count). The van der Waals surface area contributed by atoms with Gasteiger partial charge in [-0.15, -0.1) is 0 Å². The molecular weight excluding hydrogens is 294 g/mol. The Morgan fingerprint density at radius 1 is 1.35 bits per heavy atom. The van der Waals surface area contributed by atoms with Crippen LogP contribution in [0.5, 0.6) is 5.75 Å². The van der Waals surface area contributed by atoms with E-state index in [0.717, 1.165) is 12.1 Å². The van der Waals surface area contributed by atoms with Crippen LogP contribution in [-0.4, -0.2) is 39.5 Å². The van der Waals surface area contributed by atoms with Crippen molar-refractivity contribution >= 4 is 5.91 Å². The number of para-hydroxylation sites is 1. The van der Waals surface area contributed by atoms with Gasteiger partial charge >= 0.3 is 0 Å². The number of hydrogen-bond acceptors (Lipinski definition) is 4. The zero-order valence-electron chi connectivity index (χ0n) is 13.7. The summed E-state index contributed by atoms with van der Waals surface area (Å²) >= 11 is 0. The van der Waals surface area contributed by atoms with Gasteiger partial charge in [0.25, 0.3) is 5.91 Å². The summed E-state index contributed by atoms with van der Waals surface area (Å²) in [5, 5.41) is 16.4. The van der Waals surface area contributed by atoms with Gasteiger partial charge in [-0.25, -0.2) is 4.68 Å². The smallest absolute Gasteiger partial charge is 0.276 e. The highest BCUT2D eigenvalue weighted by Gasteiger charge is 2.25. The molecule has 124 valence electrons. The minimum atomic E-state index is -0.727. The first-order chi connectivity index (χ1) is 11.0. The third-order valence-corrected chi connectivity index (χ3v) is 3.23. The zero-order valence-corrected chi connectivity index (χ0v) is 13.7. The number of nitrogens with zero attached hydrogens (tertiary/aromatic N) is 2. The number of carbonyl (C=O) groups excluding carboxylic acids is 1. The second-order valence-corrected chi connectivity index (χ2v) is 5.97. The molecule has 1 aromatic carbocycles. The Balaban J connectivity index is 2.32. The minimum absolute atomic E-state index is 0.163. The van der Waals surface area contributed by atoms with Crippen molar-refractivity contribution in [2.75, 3.05) is 13.2 Å². The molecule has 0 aliphatic carbocycles. The molecule has 6 nitrogen and oxygen atoms in total. The summed E-state index contributed by atoms with van der Waals surface area (Å²) in [5.41, 5.74) is 0.327. The number of nitrogens with one attached hydrogen (secondary N) is 1. The molecule has 1 heterocycles.